The molecule has 1 saturated heterocycles. The molecule has 1 aromatic carbocycles. The maximum absolute atomic E-state index is 12.3. The fourth-order valence-electron chi connectivity index (χ4n) is 2.46. The van der Waals surface area contributed by atoms with Gasteiger partial charge in [0.2, 0.25) is 0 Å². The van der Waals surface area contributed by atoms with Crippen molar-refractivity contribution in [1.29, 1.82) is 0 Å². The zero-order valence-corrected chi connectivity index (χ0v) is 12.1. The minimum Gasteiger partial charge on any atom is -0.404 e. The summed E-state index contributed by atoms with van der Waals surface area (Å²) in [6, 6.07) is 4.29. The molecule has 0 spiro atoms. The van der Waals surface area contributed by atoms with Gasteiger partial charge in [-0.05, 0) is 50.4 Å². The predicted octanol–water partition coefficient (Wildman–Crippen LogP) is 3.29. The van der Waals surface area contributed by atoms with Gasteiger partial charge in [0.05, 0.1) is 10.6 Å². The van der Waals surface area contributed by atoms with Gasteiger partial charge in [-0.1, -0.05) is 23.7 Å². The van der Waals surface area contributed by atoms with E-state index in [1.54, 1.807) is 6.07 Å². The molecule has 7 heteroatoms. The largest absolute Gasteiger partial charge is 0.573 e. The van der Waals surface area contributed by atoms with Crippen molar-refractivity contribution in [3.63, 3.8) is 0 Å². The summed E-state index contributed by atoms with van der Waals surface area (Å²) >= 11 is 5.96. The predicted molar refractivity (Wildman–Crippen MR) is 73.5 cm³/mol. The lowest BCUT2D eigenvalue weighted by Gasteiger charge is -2.32. The Morgan fingerprint density at radius 3 is 2.57 bits per heavy atom. The Morgan fingerprint density at radius 1 is 1.29 bits per heavy atom. The smallest absolute Gasteiger partial charge is 0.404 e. The lowest BCUT2D eigenvalue weighted by atomic mass is 9.86. The molecule has 0 unspecified atom stereocenters. The van der Waals surface area contributed by atoms with E-state index in [0.717, 1.165) is 13.1 Å². The van der Waals surface area contributed by atoms with Crippen molar-refractivity contribution in [3.05, 3.63) is 28.8 Å². The first-order valence-electron chi connectivity index (χ1n) is 6.75. The summed E-state index contributed by atoms with van der Waals surface area (Å²) in [6.07, 6.45) is -2.64. The molecular formula is C14H17ClF3NO2. The van der Waals surface area contributed by atoms with Gasteiger partial charge in [0, 0.05) is 0 Å². The van der Waals surface area contributed by atoms with Crippen molar-refractivity contribution in [2.24, 2.45) is 0 Å². The molecule has 1 aliphatic rings. The van der Waals surface area contributed by atoms with Gasteiger partial charge < -0.3 is 15.2 Å². The van der Waals surface area contributed by atoms with Gasteiger partial charge in [0.1, 0.15) is 5.75 Å². The number of nitrogens with one attached hydrogen (secondary N) is 1. The number of aliphatic hydroxyl groups is 1. The van der Waals surface area contributed by atoms with Gasteiger partial charge in [-0.15, -0.1) is 13.2 Å². The SMILES string of the molecule is OC1(CCc2cccc(OC(F)(F)F)c2Cl)CCNCC1. The monoisotopic (exact) mass is 323 g/mol. The first-order valence-corrected chi connectivity index (χ1v) is 7.13. The standard InChI is InChI=1S/C14H17ClF3NO2/c15-12-10(2-1-3-11(12)21-14(16,17)18)4-5-13(20)6-8-19-9-7-13/h1-3,19-20H,4-9H2. The molecule has 0 aromatic heterocycles. The van der Waals surface area contributed by atoms with Gasteiger partial charge in [-0.3, -0.25) is 0 Å². The van der Waals surface area contributed by atoms with E-state index < -0.39 is 17.7 Å². The average molecular weight is 324 g/mol. The highest BCUT2D eigenvalue weighted by atomic mass is 35.5. The first-order chi connectivity index (χ1) is 9.79. The topological polar surface area (TPSA) is 41.5 Å². The molecule has 2 N–H and O–H groups in total. The van der Waals surface area contributed by atoms with Crippen LogP contribution in [0.5, 0.6) is 5.75 Å². The van der Waals surface area contributed by atoms with E-state index in [1.807, 2.05) is 0 Å². The van der Waals surface area contributed by atoms with Crippen LogP contribution in [0.1, 0.15) is 24.8 Å². The summed E-state index contributed by atoms with van der Waals surface area (Å²) in [5.74, 6) is -0.404. The van der Waals surface area contributed by atoms with E-state index in [2.05, 4.69) is 10.1 Å². The lowest BCUT2D eigenvalue weighted by molar-refractivity contribution is -0.274. The highest BCUT2D eigenvalue weighted by Crippen LogP contribution is 2.34. The molecular weight excluding hydrogens is 307 g/mol. The summed E-state index contributed by atoms with van der Waals surface area (Å²) < 4.78 is 40.7. The lowest BCUT2D eigenvalue weighted by Crippen LogP contribution is -2.42. The highest BCUT2D eigenvalue weighted by Gasteiger charge is 2.33. The summed E-state index contributed by atoms with van der Waals surface area (Å²) in [6.45, 7) is 1.48. The Kier molecular flexibility index (Phi) is 5.01. The van der Waals surface area contributed by atoms with Crippen LogP contribution in [0.2, 0.25) is 5.02 Å². The van der Waals surface area contributed by atoms with E-state index in [9.17, 15) is 18.3 Å². The van der Waals surface area contributed by atoms with Crippen LogP contribution >= 0.6 is 11.6 Å². The van der Waals surface area contributed by atoms with Crippen molar-refractivity contribution < 1.29 is 23.0 Å². The van der Waals surface area contributed by atoms with E-state index in [4.69, 9.17) is 11.6 Å². The quantitative estimate of drug-likeness (QED) is 0.893. The Hall–Kier alpha value is -0.980. The van der Waals surface area contributed by atoms with Crippen LogP contribution in [0.4, 0.5) is 13.2 Å². The van der Waals surface area contributed by atoms with Crippen LogP contribution in [0.25, 0.3) is 0 Å². The van der Waals surface area contributed by atoms with Gasteiger partial charge in [0.15, 0.2) is 0 Å². The molecule has 2 rings (SSSR count). The van der Waals surface area contributed by atoms with Gasteiger partial charge in [0.25, 0.3) is 0 Å². The fraction of sp³-hybridized carbons (Fsp3) is 0.571. The molecule has 118 valence electrons. The van der Waals surface area contributed by atoms with Gasteiger partial charge >= 0.3 is 6.36 Å². The molecule has 0 aliphatic carbocycles. The van der Waals surface area contributed by atoms with E-state index >= 15 is 0 Å². The number of benzene rings is 1. The Morgan fingerprint density at radius 2 is 1.95 bits per heavy atom. The molecule has 1 heterocycles. The third kappa shape index (κ3) is 4.76. The maximum atomic E-state index is 12.3. The van der Waals surface area contributed by atoms with Gasteiger partial charge in [-0.2, -0.15) is 0 Å². The molecule has 0 atom stereocenters. The summed E-state index contributed by atoms with van der Waals surface area (Å²) in [5, 5.41) is 13.5. The van der Waals surface area contributed by atoms with Gasteiger partial charge in [-0.25, -0.2) is 0 Å². The third-order valence-electron chi connectivity index (χ3n) is 3.66. The number of rotatable bonds is 4. The highest BCUT2D eigenvalue weighted by molar-refractivity contribution is 6.32. The minimum absolute atomic E-state index is 0.0487. The zero-order valence-electron chi connectivity index (χ0n) is 11.3. The van der Waals surface area contributed by atoms with Crippen LogP contribution in [0.3, 0.4) is 0 Å². The number of piperidine rings is 1. The van der Waals surface area contributed by atoms with Crippen molar-refractivity contribution in [2.45, 2.75) is 37.6 Å². The second kappa shape index (κ2) is 6.42. The van der Waals surface area contributed by atoms with E-state index in [-0.39, 0.29) is 5.02 Å². The van der Waals surface area contributed by atoms with Crippen molar-refractivity contribution in [1.82, 2.24) is 5.32 Å². The summed E-state index contributed by atoms with van der Waals surface area (Å²) in [4.78, 5) is 0. The molecule has 21 heavy (non-hydrogen) atoms. The van der Waals surface area contributed by atoms with Crippen LogP contribution in [0, 0.1) is 0 Å². The number of aryl methyl sites for hydroxylation is 1. The van der Waals surface area contributed by atoms with Crippen LogP contribution in [0.15, 0.2) is 18.2 Å². The number of alkyl halides is 3. The third-order valence-corrected chi connectivity index (χ3v) is 4.09. The van der Waals surface area contributed by atoms with Crippen molar-refractivity contribution >= 4 is 11.6 Å². The van der Waals surface area contributed by atoms with Crippen molar-refractivity contribution in [2.75, 3.05) is 13.1 Å². The zero-order chi connectivity index (χ0) is 15.5. The molecule has 1 aliphatic heterocycles. The number of halogens is 4. The molecule has 1 fully saturated rings. The second-order valence-electron chi connectivity index (χ2n) is 5.25. The summed E-state index contributed by atoms with van der Waals surface area (Å²) in [7, 11) is 0. The number of hydrogen-bond donors (Lipinski definition) is 2. The Balaban J connectivity index is 2.05. The maximum Gasteiger partial charge on any atom is 0.573 e. The van der Waals surface area contributed by atoms with Crippen molar-refractivity contribution in [3.8, 4) is 5.75 Å². The fourth-order valence-corrected chi connectivity index (χ4v) is 2.72. The number of hydrogen-bond acceptors (Lipinski definition) is 3. The summed E-state index contributed by atoms with van der Waals surface area (Å²) in [5.41, 5.74) is -0.236. The Labute approximate surface area is 126 Å². The molecule has 0 bridgehead atoms. The van der Waals surface area contributed by atoms with Crippen LogP contribution < -0.4 is 10.1 Å². The normalized spacial score (nSPS) is 18.5. The molecule has 3 nitrogen and oxygen atoms in total. The molecule has 0 radical (unpaired) electrons. The molecule has 1 aromatic rings. The second-order valence-corrected chi connectivity index (χ2v) is 5.63. The Bertz CT molecular complexity index is 488. The van der Waals surface area contributed by atoms with E-state index in [1.165, 1.54) is 12.1 Å². The van der Waals surface area contributed by atoms with Crippen LogP contribution in [-0.2, 0) is 6.42 Å². The number of ether oxygens (including phenoxy) is 1. The minimum atomic E-state index is -4.77. The average Bonchev–Trinajstić information content (AvgIpc) is 2.39. The van der Waals surface area contributed by atoms with E-state index in [0.29, 0.717) is 31.2 Å². The molecule has 0 amide bonds. The molecule has 0 saturated carbocycles. The first kappa shape index (κ1) is 16.4. The van der Waals surface area contributed by atoms with Crippen LogP contribution in [-0.4, -0.2) is 30.2 Å².